The third-order valence-corrected chi connectivity index (χ3v) is 2.94. The van der Waals surface area contributed by atoms with Crippen LogP contribution in [0.25, 0.3) is 0 Å². The Morgan fingerprint density at radius 2 is 2.00 bits per heavy atom. The molecule has 0 unspecified atom stereocenters. The quantitative estimate of drug-likeness (QED) is 0.661. The van der Waals surface area contributed by atoms with Crippen LogP contribution in [0, 0.1) is 11.8 Å². The zero-order chi connectivity index (χ0) is 9.68. The zero-order valence-electron chi connectivity index (χ0n) is 8.63. The first-order valence-electron chi connectivity index (χ1n) is 5.29. The van der Waals surface area contributed by atoms with Gasteiger partial charge in [-0.25, -0.2) is 0 Å². The van der Waals surface area contributed by atoms with Gasteiger partial charge in [-0.3, -0.25) is 0 Å². The molecule has 0 spiro atoms. The van der Waals surface area contributed by atoms with E-state index in [1.165, 1.54) is 32.1 Å². The van der Waals surface area contributed by atoms with E-state index in [0.717, 1.165) is 11.8 Å². The first-order chi connectivity index (χ1) is 6.18. The van der Waals surface area contributed by atoms with Crippen molar-refractivity contribution in [2.45, 2.75) is 39.0 Å². The van der Waals surface area contributed by atoms with E-state index < -0.39 is 0 Å². The zero-order valence-corrected chi connectivity index (χ0v) is 8.63. The smallest absolute Gasteiger partial charge is 0.0237 e. The fourth-order valence-corrected chi connectivity index (χ4v) is 1.98. The van der Waals surface area contributed by atoms with Crippen LogP contribution in [0.15, 0.2) is 24.4 Å². The summed E-state index contributed by atoms with van der Waals surface area (Å²) in [4.78, 5) is 0. The molecule has 0 saturated heterocycles. The van der Waals surface area contributed by atoms with Crippen molar-refractivity contribution in [1.82, 2.24) is 0 Å². The Morgan fingerprint density at radius 1 is 1.38 bits per heavy atom. The van der Waals surface area contributed by atoms with E-state index in [4.69, 9.17) is 5.73 Å². The molecule has 0 bridgehead atoms. The van der Waals surface area contributed by atoms with Crippen LogP contribution in [0.5, 0.6) is 0 Å². The summed E-state index contributed by atoms with van der Waals surface area (Å²) in [5.74, 6) is 1.84. The molecule has 2 N–H and O–H groups in total. The third kappa shape index (κ3) is 4.16. The lowest BCUT2D eigenvalue weighted by Gasteiger charge is -2.24. The normalized spacial score (nSPS) is 29.3. The summed E-state index contributed by atoms with van der Waals surface area (Å²) in [5, 5.41) is 0. The molecule has 1 rings (SSSR count). The summed E-state index contributed by atoms with van der Waals surface area (Å²) in [7, 11) is 0. The van der Waals surface area contributed by atoms with Crippen LogP contribution in [0.1, 0.15) is 39.0 Å². The largest absolute Gasteiger partial charge is 0.399 e. The van der Waals surface area contributed by atoms with Gasteiger partial charge in [-0.2, -0.15) is 0 Å². The van der Waals surface area contributed by atoms with Crippen LogP contribution in [0.3, 0.4) is 0 Å². The second kappa shape index (κ2) is 5.11. The van der Waals surface area contributed by atoms with Gasteiger partial charge in [-0.1, -0.05) is 32.4 Å². The molecule has 0 aromatic heterocycles. The predicted octanol–water partition coefficient (Wildman–Crippen LogP) is 3.23. The van der Waals surface area contributed by atoms with Gasteiger partial charge in [0.15, 0.2) is 0 Å². The first-order valence-corrected chi connectivity index (χ1v) is 5.29. The van der Waals surface area contributed by atoms with Crippen molar-refractivity contribution in [2.24, 2.45) is 17.6 Å². The van der Waals surface area contributed by atoms with Crippen LogP contribution in [-0.4, -0.2) is 0 Å². The maximum absolute atomic E-state index is 5.45. The van der Waals surface area contributed by atoms with Crippen molar-refractivity contribution in [1.29, 1.82) is 0 Å². The molecule has 0 amide bonds. The number of hydrogen-bond donors (Lipinski definition) is 1. The van der Waals surface area contributed by atoms with Crippen LogP contribution in [0.2, 0.25) is 0 Å². The number of allylic oxidation sites excluding steroid dienone is 2. The summed E-state index contributed by atoms with van der Waals surface area (Å²) >= 11 is 0. The molecule has 1 saturated carbocycles. The molecule has 1 nitrogen and oxygen atoms in total. The van der Waals surface area contributed by atoms with Crippen molar-refractivity contribution in [3.63, 3.8) is 0 Å². The van der Waals surface area contributed by atoms with Gasteiger partial charge in [-0.15, -0.1) is 0 Å². The average Bonchev–Trinajstić information content (AvgIpc) is 2.08. The van der Waals surface area contributed by atoms with E-state index >= 15 is 0 Å². The fraction of sp³-hybridized carbons (Fsp3) is 0.667. The molecule has 0 heterocycles. The molecule has 0 aromatic carbocycles. The van der Waals surface area contributed by atoms with Crippen LogP contribution < -0.4 is 5.73 Å². The highest BCUT2D eigenvalue weighted by atomic mass is 14.5. The maximum Gasteiger partial charge on any atom is 0.0237 e. The summed E-state index contributed by atoms with van der Waals surface area (Å²) in [6.07, 6.45) is 10.9. The van der Waals surface area contributed by atoms with E-state index in [1.54, 1.807) is 0 Å². The highest BCUT2D eigenvalue weighted by Gasteiger charge is 2.16. The van der Waals surface area contributed by atoms with Gasteiger partial charge < -0.3 is 5.73 Å². The Morgan fingerprint density at radius 3 is 2.54 bits per heavy atom. The Balaban J connectivity index is 2.19. The molecule has 1 aliphatic carbocycles. The van der Waals surface area contributed by atoms with Crippen molar-refractivity contribution in [3.05, 3.63) is 24.4 Å². The Hall–Kier alpha value is -0.720. The van der Waals surface area contributed by atoms with Crippen molar-refractivity contribution in [2.75, 3.05) is 0 Å². The average molecular weight is 179 g/mol. The minimum atomic E-state index is 0.671. The van der Waals surface area contributed by atoms with Crippen LogP contribution >= 0.6 is 0 Å². The van der Waals surface area contributed by atoms with Crippen molar-refractivity contribution < 1.29 is 0 Å². The molecular formula is C12H21N. The van der Waals surface area contributed by atoms with Crippen LogP contribution in [-0.2, 0) is 0 Å². The number of nitrogens with two attached hydrogens (primary N) is 1. The van der Waals surface area contributed by atoms with Crippen molar-refractivity contribution in [3.8, 4) is 0 Å². The monoisotopic (exact) mass is 179 g/mol. The highest BCUT2D eigenvalue weighted by Crippen LogP contribution is 2.30. The standard InChI is InChI=1S/C12H21N/c1-10-6-8-12(9-7-10)5-3-4-11(2)13/h3-4,10,12H,2,5-9,13H2,1H3/b4-3-. The summed E-state index contributed by atoms with van der Waals surface area (Å²) in [6, 6.07) is 0. The van der Waals surface area contributed by atoms with Gasteiger partial charge >= 0.3 is 0 Å². The Bertz CT molecular complexity index is 185. The SMILES string of the molecule is C=C(N)/C=C\CC1CCC(C)CC1. The Labute approximate surface area is 81.7 Å². The maximum atomic E-state index is 5.45. The highest BCUT2D eigenvalue weighted by molar-refractivity contribution is 5.09. The lowest BCUT2D eigenvalue weighted by molar-refractivity contribution is 0.292. The summed E-state index contributed by atoms with van der Waals surface area (Å²) < 4.78 is 0. The Kier molecular flexibility index (Phi) is 4.07. The van der Waals surface area contributed by atoms with E-state index in [1.807, 2.05) is 6.08 Å². The second-order valence-electron chi connectivity index (χ2n) is 4.34. The second-order valence-corrected chi connectivity index (χ2v) is 4.34. The molecular weight excluding hydrogens is 158 g/mol. The van der Waals surface area contributed by atoms with Gasteiger partial charge in [-0.05, 0) is 37.2 Å². The topological polar surface area (TPSA) is 26.0 Å². The minimum Gasteiger partial charge on any atom is -0.399 e. The van der Waals surface area contributed by atoms with Gasteiger partial charge in [0.25, 0.3) is 0 Å². The molecule has 0 aliphatic heterocycles. The molecule has 0 aromatic rings. The van der Waals surface area contributed by atoms with Gasteiger partial charge in [0, 0.05) is 5.70 Å². The number of rotatable bonds is 3. The van der Waals surface area contributed by atoms with E-state index in [9.17, 15) is 0 Å². The van der Waals surface area contributed by atoms with E-state index in [0.29, 0.717) is 5.70 Å². The molecule has 13 heavy (non-hydrogen) atoms. The van der Waals surface area contributed by atoms with Crippen LogP contribution in [0.4, 0.5) is 0 Å². The first kappa shape index (κ1) is 10.4. The molecule has 1 heteroatoms. The molecule has 0 atom stereocenters. The predicted molar refractivity (Wildman–Crippen MR) is 58.2 cm³/mol. The number of hydrogen-bond acceptors (Lipinski definition) is 1. The molecule has 1 fully saturated rings. The molecule has 0 radical (unpaired) electrons. The third-order valence-electron chi connectivity index (χ3n) is 2.94. The van der Waals surface area contributed by atoms with E-state index in [2.05, 4.69) is 19.6 Å². The minimum absolute atomic E-state index is 0.671. The van der Waals surface area contributed by atoms with Gasteiger partial charge in [0.1, 0.15) is 0 Å². The van der Waals surface area contributed by atoms with Gasteiger partial charge in [0.2, 0.25) is 0 Å². The molecule has 1 aliphatic rings. The van der Waals surface area contributed by atoms with Crippen molar-refractivity contribution >= 4 is 0 Å². The molecule has 74 valence electrons. The van der Waals surface area contributed by atoms with E-state index in [-0.39, 0.29) is 0 Å². The lowest BCUT2D eigenvalue weighted by atomic mass is 9.81. The lowest BCUT2D eigenvalue weighted by Crippen LogP contribution is -2.11. The fourth-order valence-electron chi connectivity index (χ4n) is 1.98. The summed E-state index contributed by atoms with van der Waals surface area (Å²) in [5.41, 5.74) is 6.12. The summed E-state index contributed by atoms with van der Waals surface area (Å²) in [6.45, 7) is 6.00. The van der Waals surface area contributed by atoms with Gasteiger partial charge in [0.05, 0.1) is 0 Å².